The van der Waals surface area contributed by atoms with Crippen LogP contribution in [0.3, 0.4) is 0 Å². The maximum Gasteiger partial charge on any atom is 0.387 e. The summed E-state index contributed by atoms with van der Waals surface area (Å²) in [5.41, 5.74) is 2.99. The van der Waals surface area contributed by atoms with E-state index in [2.05, 4.69) is 26.0 Å². The number of halogens is 3. The predicted octanol–water partition coefficient (Wildman–Crippen LogP) is 4.68. The number of nitrogens with one attached hydrogen (secondary N) is 1. The van der Waals surface area contributed by atoms with Gasteiger partial charge in [-0.2, -0.15) is 8.78 Å². The molecule has 28 heavy (non-hydrogen) atoms. The molecule has 2 aromatic rings. The summed E-state index contributed by atoms with van der Waals surface area (Å²) in [4.78, 5) is 0. The largest absolute Gasteiger partial charge is 0.496 e. The van der Waals surface area contributed by atoms with Crippen LogP contribution < -0.4 is 24.3 Å². The minimum Gasteiger partial charge on any atom is -0.496 e. The SMILES string of the molecule is COc1cc2c(cc1CNCc1cc(Br)c(OC(F)F)c(OC)c1)OC(C)C2. The topological polar surface area (TPSA) is 49.0 Å². The van der Waals surface area contributed by atoms with Crippen molar-refractivity contribution in [1.82, 2.24) is 5.32 Å². The molecule has 152 valence electrons. The fourth-order valence-corrected chi connectivity index (χ4v) is 3.81. The number of hydrogen-bond acceptors (Lipinski definition) is 5. The molecule has 1 aliphatic rings. The van der Waals surface area contributed by atoms with Crippen LogP contribution in [0, 0.1) is 0 Å². The lowest BCUT2D eigenvalue weighted by molar-refractivity contribution is -0.0517. The van der Waals surface area contributed by atoms with E-state index in [9.17, 15) is 8.78 Å². The number of benzene rings is 2. The van der Waals surface area contributed by atoms with Crippen molar-refractivity contribution in [3.63, 3.8) is 0 Å². The van der Waals surface area contributed by atoms with Gasteiger partial charge in [-0.3, -0.25) is 0 Å². The zero-order valence-corrected chi connectivity index (χ0v) is 17.4. The summed E-state index contributed by atoms with van der Waals surface area (Å²) in [6.45, 7) is 0.174. The van der Waals surface area contributed by atoms with Crippen LogP contribution in [0.2, 0.25) is 0 Å². The summed E-state index contributed by atoms with van der Waals surface area (Å²) in [5.74, 6) is 1.92. The Morgan fingerprint density at radius 3 is 2.57 bits per heavy atom. The molecule has 0 bridgehead atoms. The first-order chi connectivity index (χ1) is 13.4. The Morgan fingerprint density at radius 1 is 1.14 bits per heavy atom. The molecule has 0 aromatic heterocycles. The molecular formula is C20H22BrF2NO4. The van der Waals surface area contributed by atoms with Crippen molar-refractivity contribution in [2.45, 2.75) is 39.1 Å². The normalized spacial score (nSPS) is 15.3. The number of hydrogen-bond donors (Lipinski definition) is 1. The molecule has 2 aromatic carbocycles. The van der Waals surface area contributed by atoms with Gasteiger partial charge >= 0.3 is 6.61 Å². The van der Waals surface area contributed by atoms with Crippen molar-refractivity contribution in [2.75, 3.05) is 14.2 Å². The molecule has 0 saturated heterocycles. The second-order valence-corrected chi connectivity index (χ2v) is 7.35. The van der Waals surface area contributed by atoms with Crippen LogP contribution in [-0.4, -0.2) is 26.9 Å². The second kappa shape index (κ2) is 8.96. The van der Waals surface area contributed by atoms with Gasteiger partial charge in [-0.15, -0.1) is 0 Å². The number of alkyl halides is 2. The third kappa shape index (κ3) is 4.67. The summed E-state index contributed by atoms with van der Waals surface area (Å²) in [6, 6.07) is 7.41. The average Bonchev–Trinajstić information content (AvgIpc) is 3.01. The Hall–Kier alpha value is -2.06. The zero-order valence-electron chi connectivity index (χ0n) is 15.9. The molecular weight excluding hydrogens is 436 g/mol. The Balaban J connectivity index is 1.70. The lowest BCUT2D eigenvalue weighted by atomic mass is 10.1. The first-order valence-corrected chi connectivity index (χ1v) is 9.59. The molecule has 0 spiro atoms. The Labute approximate surface area is 171 Å². The fourth-order valence-electron chi connectivity index (χ4n) is 3.23. The lowest BCUT2D eigenvalue weighted by Crippen LogP contribution is -2.14. The maximum absolute atomic E-state index is 12.6. The van der Waals surface area contributed by atoms with Gasteiger partial charge in [0.05, 0.1) is 18.7 Å². The first-order valence-electron chi connectivity index (χ1n) is 8.79. The molecule has 0 fully saturated rings. The van der Waals surface area contributed by atoms with E-state index >= 15 is 0 Å². The van der Waals surface area contributed by atoms with Gasteiger partial charge in [-0.25, -0.2) is 0 Å². The van der Waals surface area contributed by atoms with Crippen molar-refractivity contribution in [2.24, 2.45) is 0 Å². The zero-order chi connectivity index (χ0) is 20.3. The minimum atomic E-state index is -2.92. The smallest absolute Gasteiger partial charge is 0.387 e. The molecule has 0 radical (unpaired) electrons. The molecule has 3 rings (SSSR count). The summed E-state index contributed by atoms with van der Waals surface area (Å²) in [7, 11) is 3.06. The molecule has 0 saturated carbocycles. The molecule has 8 heteroatoms. The molecule has 1 aliphatic heterocycles. The van der Waals surface area contributed by atoms with E-state index in [0.717, 1.165) is 34.6 Å². The van der Waals surface area contributed by atoms with Crippen molar-refractivity contribution >= 4 is 15.9 Å². The standard InChI is InChI=1S/C20H22BrF2NO4/c1-11-4-13-7-16(25-2)14(8-17(13)27-11)10-24-9-12-5-15(21)19(28-20(22)23)18(6-12)26-3/h5-8,11,20,24H,4,9-10H2,1-3H3. The lowest BCUT2D eigenvalue weighted by Gasteiger charge is -2.15. The quantitative estimate of drug-likeness (QED) is 0.623. The number of ether oxygens (including phenoxy) is 4. The van der Waals surface area contributed by atoms with E-state index in [1.807, 2.05) is 19.1 Å². The highest BCUT2D eigenvalue weighted by atomic mass is 79.9. The third-order valence-electron chi connectivity index (χ3n) is 4.44. The second-order valence-electron chi connectivity index (χ2n) is 6.50. The Bertz CT molecular complexity index is 847. The van der Waals surface area contributed by atoms with Crippen LogP contribution in [0.15, 0.2) is 28.7 Å². The molecule has 0 aliphatic carbocycles. The van der Waals surface area contributed by atoms with Crippen molar-refractivity contribution < 1.29 is 27.7 Å². The highest BCUT2D eigenvalue weighted by Gasteiger charge is 2.21. The predicted molar refractivity (Wildman–Crippen MR) is 105 cm³/mol. The van der Waals surface area contributed by atoms with Gasteiger partial charge in [-0.05, 0) is 52.7 Å². The minimum absolute atomic E-state index is 0.0205. The van der Waals surface area contributed by atoms with Crippen LogP contribution in [0.25, 0.3) is 0 Å². The monoisotopic (exact) mass is 457 g/mol. The highest BCUT2D eigenvalue weighted by molar-refractivity contribution is 9.10. The van der Waals surface area contributed by atoms with Gasteiger partial charge in [0, 0.05) is 30.6 Å². The van der Waals surface area contributed by atoms with Crippen molar-refractivity contribution in [3.05, 3.63) is 45.4 Å². The molecule has 5 nitrogen and oxygen atoms in total. The van der Waals surface area contributed by atoms with Gasteiger partial charge in [0.15, 0.2) is 11.5 Å². The third-order valence-corrected chi connectivity index (χ3v) is 5.03. The highest BCUT2D eigenvalue weighted by Crippen LogP contribution is 2.38. The summed E-state index contributed by atoms with van der Waals surface area (Å²) in [5, 5.41) is 3.33. The van der Waals surface area contributed by atoms with Crippen LogP contribution in [0.5, 0.6) is 23.0 Å². The van der Waals surface area contributed by atoms with Gasteiger partial charge in [-0.1, -0.05) is 0 Å². The van der Waals surface area contributed by atoms with Gasteiger partial charge in [0.25, 0.3) is 0 Å². The molecule has 1 unspecified atom stereocenters. The summed E-state index contributed by atoms with van der Waals surface area (Å²) >= 11 is 3.26. The Kier molecular flexibility index (Phi) is 6.61. The van der Waals surface area contributed by atoms with Crippen LogP contribution in [-0.2, 0) is 19.5 Å². The first kappa shape index (κ1) is 20.7. The molecule has 0 amide bonds. The van der Waals surface area contributed by atoms with Crippen molar-refractivity contribution in [1.29, 1.82) is 0 Å². The van der Waals surface area contributed by atoms with Gasteiger partial charge in [0.1, 0.15) is 17.6 Å². The van der Waals surface area contributed by atoms with Crippen LogP contribution in [0.4, 0.5) is 8.78 Å². The average molecular weight is 458 g/mol. The summed E-state index contributed by atoms with van der Waals surface area (Å²) in [6.07, 6.45) is 1.04. The van der Waals surface area contributed by atoms with Crippen LogP contribution >= 0.6 is 15.9 Å². The number of methoxy groups -OCH3 is 2. The van der Waals surface area contributed by atoms with E-state index in [4.69, 9.17) is 14.2 Å². The molecule has 1 heterocycles. The van der Waals surface area contributed by atoms with E-state index in [0.29, 0.717) is 17.6 Å². The summed E-state index contributed by atoms with van der Waals surface area (Å²) < 4.78 is 46.6. The molecule has 1 N–H and O–H groups in total. The molecule has 1 atom stereocenters. The fraction of sp³-hybridized carbons (Fsp3) is 0.400. The van der Waals surface area contributed by atoms with E-state index in [1.165, 1.54) is 7.11 Å². The Morgan fingerprint density at radius 2 is 1.89 bits per heavy atom. The van der Waals surface area contributed by atoms with Crippen LogP contribution in [0.1, 0.15) is 23.6 Å². The van der Waals surface area contributed by atoms with Crippen molar-refractivity contribution in [3.8, 4) is 23.0 Å². The van der Waals surface area contributed by atoms with E-state index in [-0.39, 0.29) is 17.6 Å². The van der Waals surface area contributed by atoms with E-state index in [1.54, 1.807) is 19.2 Å². The number of rotatable bonds is 8. The van der Waals surface area contributed by atoms with E-state index < -0.39 is 6.61 Å². The number of fused-ring (bicyclic) bond motifs is 1. The van der Waals surface area contributed by atoms with Gasteiger partial charge < -0.3 is 24.3 Å². The van der Waals surface area contributed by atoms with Gasteiger partial charge in [0.2, 0.25) is 0 Å². The maximum atomic E-state index is 12.6.